The minimum Gasteiger partial charge on any atom is -0.465 e. The summed E-state index contributed by atoms with van der Waals surface area (Å²) in [6, 6.07) is 4.85. The van der Waals surface area contributed by atoms with E-state index in [1.807, 2.05) is 6.07 Å². The number of hydrogen-bond acceptors (Lipinski definition) is 4. The van der Waals surface area contributed by atoms with Crippen LogP contribution in [0.25, 0.3) is 0 Å². The third-order valence-electron chi connectivity index (χ3n) is 1.49. The summed E-state index contributed by atoms with van der Waals surface area (Å²) in [5.74, 6) is -0.456. The van der Waals surface area contributed by atoms with E-state index in [9.17, 15) is 4.79 Å². The molecular formula is C9H8N2O2. The second-order valence-electron chi connectivity index (χ2n) is 2.49. The molecule has 0 N–H and O–H groups in total. The summed E-state index contributed by atoms with van der Waals surface area (Å²) in [7, 11) is 1.30. The van der Waals surface area contributed by atoms with E-state index in [2.05, 4.69) is 9.72 Å². The van der Waals surface area contributed by atoms with Crippen LogP contribution in [-0.2, 0) is 4.74 Å². The van der Waals surface area contributed by atoms with Crippen LogP contribution in [0.15, 0.2) is 12.1 Å². The van der Waals surface area contributed by atoms with Crippen molar-refractivity contribution >= 4 is 5.97 Å². The maximum atomic E-state index is 11.1. The summed E-state index contributed by atoms with van der Waals surface area (Å²) in [6.07, 6.45) is 0. The minimum atomic E-state index is -0.456. The van der Waals surface area contributed by atoms with Crippen LogP contribution in [0.2, 0.25) is 0 Å². The van der Waals surface area contributed by atoms with Crippen molar-refractivity contribution in [1.29, 1.82) is 5.26 Å². The molecule has 1 aromatic heterocycles. The molecule has 1 aromatic rings. The first-order chi connectivity index (χ1) is 6.17. The van der Waals surface area contributed by atoms with Crippen LogP contribution in [0, 0.1) is 18.3 Å². The Hall–Kier alpha value is -1.89. The number of nitriles is 1. The molecule has 0 saturated heterocycles. The average Bonchev–Trinajstić information content (AvgIpc) is 2.15. The summed E-state index contributed by atoms with van der Waals surface area (Å²) in [6.45, 7) is 1.72. The van der Waals surface area contributed by atoms with E-state index in [1.165, 1.54) is 13.2 Å². The smallest absolute Gasteiger partial charge is 0.338 e. The standard InChI is InChI=1S/C9H8N2O2/c1-6-3-7(9(12)13-2)4-8(5-10)11-6/h3-4H,1-2H3. The van der Waals surface area contributed by atoms with Gasteiger partial charge in [0.2, 0.25) is 0 Å². The second kappa shape index (κ2) is 3.68. The molecule has 66 valence electrons. The van der Waals surface area contributed by atoms with Crippen molar-refractivity contribution in [3.8, 4) is 6.07 Å². The van der Waals surface area contributed by atoms with Gasteiger partial charge >= 0.3 is 5.97 Å². The Morgan fingerprint density at radius 1 is 1.62 bits per heavy atom. The van der Waals surface area contributed by atoms with Crippen LogP contribution in [0.1, 0.15) is 21.7 Å². The van der Waals surface area contributed by atoms with Crippen molar-refractivity contribution in [2.24, 2.45) is 0 Å². The summed E-state index contributed by atoms with van der Waals surface area (Å²) in [5.41, 5.74) is 1.20. The van der Waals surface area contributed by atoms with E-state index in [-0.39, 0.29) is 5.69 Å². The molecule has 0 aromatic carbocycles. The molecule has 0 saturated carbocycles. The fourth-order valence-corrected chi connectivity index (χ4v) is 0.962. The molecule has 0 unspecified atom stereocenters. The molecule has 0 amide bonds. The lowest BCUT2D eigenvalue weighted by Crippen LogP contribution is -2.03. The van der Waals surface area contributed by atoms with Gasteiger partial charge in [-0.1, -0.05) is 0 Å². The monoisotopic (exact) mass is 176 g/mol. The molecule has 0 radical (unpaired) electrons. The number of esters is 1. The third-order valence-corrected chi connectivity index (χ3v) is 1.49. The number of carbonyl (C=O) groups is 1. The number of aromatic nitrogens is 1. The maximum absolute atomic E-state index is 11.1. The molecule has 0 fully saturated rings. The lowest BCUT2D eigenvalue weighted by Gasteiger charge is -2.00. The highest BCUT2D eigenvalue weighted by Crippen LogP contribution is 2.05. The van der Waals surface area contributed by atoms with E-state index in [0.29, 0.717) is 11.3 Å². The zero-order valence-corrected chi connectivity index (χ0v) is 7.37. The molecule has 0 bridgehead atoms. The summed E-state index contributed by atoms with van der Waals surface area (Å²) >= 11 is 0. The van der Waals surface area contributed by atoms with Crippen LogP contribution < -0.4 is 0 Å². The van der Waals surface area contributed by atoms with Crippen molar-refractivity contribution in [3.05, 3.63) is 29.1 Å². The molecule has 0 aliphatic rings. The predicted octanol–water partition coefficient (Wildman–Crippen LogP) is 1.05. The van der Waals surface area contributed by atoms with Gasteiger partial charge in [0.05, 0.1) is 12.7 Å². The van der Waals surface area contributed by atoms with E-state index in [0.717, 1.165) is 0 Å². The first kappa shape index (κ1) is 9.20. The van der Waals surface area contributed by atoms with Crippen LogP contribution in [0.4, 0.5) is 0 Å². The molecule has 1 rings (SSSR count). The van der Waals surface area contributed by atoms with Crippen LogP contribution >= 0.6 is 0 Å². The van der Waals surface area contributed by atoms with E-state index < -0.39 is 5.97 Å². The van der Waals surface area contributed by atoms with Crippen LogP contribution in [-0.4, -0.2) is 18.1 Å². The molecule has 1 heterocycles. The van der Waals surface area contributed by atoms with Gasteiger partial charge in [0.1, 0.15) is 11.8 Å². The van der Waals surface area contributed by atoms with Gasteiger partial charge in [-0.15, -0.1) is 0 Å². The fourth-order valence-electron chi connectivity index (χ4n) is 0.962. The van der Waals surface area contributed by atoms with Gasteiger partial charge in [-0.05, 0) is 19.1 Å². The number of carbonyl (C=O) groups excluding carboxylic acids is 1. The van der Waals surface area contributed by atoms with Crippen molar-refractivity contribution in [2.45, 2.75) is 6.92 Å². The van der Waals surface area contributed by atoms with Gasteiger partial charge in [0, 0.05) is 5.69 Å². The van der Waals surface area contributed by atoms with Gasteiger partial charge < -0.3 is 4.74 Å². The normalized spacial score (nSPS) is 9.00. The zero-order valence-electron chi connectivity index (χ0n) is 7.37. The quantitative estimate of drug-likeness (QED) is 0.600. The zero-order chi connectivity index (χ0) is 9.84. The van der Waals surface area contributed by atoms with Crippen molar-refractivity contribution in [2.75, 3.05) is 7.11 Å². The second-order valence-corrected chi connectivity index (χ2v) is 2.49. The topological polar surface area (TPSA) is 63.0 Å². The number of nitrogens with zero attached hydrogens (tertiary/aromatic N) is 2. The highest BCUT2D eigenvalue weighted by atomic mass is 16.5. The summed E-state index contributed by atoms with van der Waals surface area (Å²) in [4.78, 5) is 15.0. The number of hydrogen-bond donors (Lipinski definition) is 0. The largest absolute Gasteiger partial charge is 0.465 e. The average molecular weight is 176 g/mol. The van der Waals surface area contributed by atoms with Gasteiger partial charge in [0.15, 0.2) is 0 Å². The molecule has 13 heavy (non-hydrogen) atoms. The Labute approximate surface area is 75.8 Å². The lowest BCUT2D eigenvalue weighted by atomic mass is 10.2. The van der Waals surface area contributed by atoms with Crippen LogP contribution in [0.3, 0.4) is 0 Å². The first-order valence-electron chi connectivity index (χ1n) is 3.64. The van der Waals surface area contributed by atoms with Crippen molar-refractivity contribution < 1.29 is 9.53 Å². The van der Waals surface area contributed by atoms with Gasteiger partial charge in [0.25, 0.3) is 0 Å². The number of pyridine rings is 1. The Balaban J connectivity index is 3.17. The van der Waals surface area contributed by atoms with E-state index >= 15 is 0 Å². The van der Waals surface area contributed by atoms with E-state index in [1.54, 1.807) is 13.0 Å². The van der Waals surface area contributed by atoms with Crippen molar-refractivity contribution in [3.63, 3.8) is 0 Å². The fraction of sp³-hybridized carbons (Fsp3) is 0.222. The number of methoxy groups -OCH3 is 1. The number of rotatable bonds is 1. The molecule has 0 spiro atoms. The van der Waals surface area contributed by atoms with Gasteiger partial charge in [-0.25, -0.2) is 9.78 Å². The molecule has 0 atom stereocenters. The SMILES string of the molecule is COC(=O)c1cc(C)nc(C#N)c1. The van der Waals surface area contributed by atoms with Crippen LogP contribution in [0.5, 0.6) is 0 Å². The Morgan fingerprint density at radius 2 is 2.31 bits per heavy atom. The highest BCUT2D eigenvalue weighted by molar-refractivity contribution is 5.89. The number of ether oxygens (including phenoxy) is 1. The summed E-state index contributed by atoms with van der Waals surface area (Å²) in [5, 5.41) is 8.58. The van der Waals surface area contributed by atoms with E-state index in [4.69, 9.17) is 5.26 Å². The van der Waals surface area contributed by atoms with Crippen molar-refractivity contribution in [1.82, 2.24) is 4.98 Å². The Kier molecular flexibility index (Phi) is 2.60. The van der Waals surface area contributed by atoms with Gasteiger partial charge in [-0.2, -0.15) is 5.26 Å². The Morgan fingerprint density at radius 3 is 2.85 bits per heavy atom. The molecule has 4 heteroatoms. The summed E-state index contributed by atoms with van der Waals surface area (Å²) < 4.78 is 4.51. The molecular weight excluding hydrogens is 168 g/mol. The first-order valence-corrected chi connectivity index (χ1v) is 3.64. The molecule has 0 aliphatic heterocycles. The molecule has 4 nitrogen and oxygen atoms in total. The number of aryl methyl sites for hydroxylation is 1. The highest BCUT2D eigenvalue weighted by Gasteiger charge is 2.07. The lowest BCUT2D eigenvalue weighted by molar-refractivity contribution is 0.0600. The maximum Gasteiger partial charge on any atom is 0.338 e. The minimum absolute atomic E-state index is 0.223. The van der Waals surface area contributed by atoms with Gasteiger partial charge in [-0.3, -0.25) is 0 Å². The molecule has 0 aliphatic carbocycles. The predicted molar refractivity (Wildman–Crippen MR) is 45.0 cm³/mol. The third kappa shape index (κ3) is 2.03. The Bertz CT molecular complexity index is 380.